The van der Waals surface area contributed by atoms with Gasteiger partial charge in [0.2, 0.25) is 0 Å². The van der Waals surface area contributed by atoms with Gasteiger partial charge in [-0.1, -0.05) is 13.3 Å². The minimum Gasteiger partial charge on any atom is -0.353 e. The summed E-state index contributed by atoms with van der Waals surface area (Å²) in [6, 6.07) is 0. The van der Waals surface area contributed by atoms with Gasteiger partial charge in [0.1, 0.15) is 0 Å². The fraction of sp³-hybridized carbons (Fsp3) is 1.00. The summed E-state index contributed by atoms with van der Waals surface area (Å²) in [7, 11) is -3.41. The van der Waals surface area contributed by atoms with Crippen molar-refractivity contribution in [2.75, 3.05) is 19.8 Å². The van der Waals surface area contributed by atoms with Gasteiger partial charge in [-0.15, -0.1) is 0 Å². The summed E-state index contributed by atoms with van der Waals surface area (Å²) in [5.74, 6) is 0. The Morgan fingerprint density at radius 3 is 2.62 bits per heavy atom. The van der Waals surface area contributed by atoms with Gasteiger partial charge in [-0.3, -0.25) is 4.18 Å². The summed E-state index contributed by atoms with van der Waals surface area (Å²) in [6.45, 7) is 3.67. The summed E-state index contributed by atoms with van der Waals surface area (Å²) < 4.78 is 40.1. The predicted octanol–water partition coefficient (Wildman–Crippen LogP) is 2.99. The molecular formula is C15H28O5S. The van der Waals surface area contributed by atoms with E-state index in [4.69, 9.17) is 13.7 Å². The lowest BCUT2D eigenvalue weighted by Gasteiger charge is -2.23. The van der Waals surface area contributed by atoms with Crippen molar-refractivity contribution in [3.63, 3.8) is 0 Å². The van der Waals surface area contributed by atoms with Gasteiger partial charge in [-0.05, 0) is 51.4 Å². The normalized spacial score (nSPS) is 24.9. The van der Waals surface area contributed by atoms with Crippen molar-refractivity contribution in [1.29, 1.82) is 0 Å². The van der Waals surface area contributed by atoms with Gasteiger partial charge in [-0.25, -0.2) is 0 Å². The molecule has 5 nitrogen and oxygen atoms in total. The van der Waals surface area contributed by atoms with Crippen LogP contribution in [0, 0.1) is 0 Å². The van der Waals surface area contributed by atoms with Crippen molar-refractivity contribution in [1.82, 2.24) is 0 Å². The molecule has 0 N–H and O–H groups in total. The topological polar surface area (TPSA) is 61.8 Å². The smallest absolute Gasteiger partial charge is 0.273 e. The molecule has 0 aromatic rings. The molecule has 1 aliphatic carbocycles. The molecule has 21 heavy (non-hydrogen) atoms. The van der Waals surface area contributed by atoms with E-state index < -0.39 is 14.9 Å². The van der Waals surface area contributed by atoms with Crippen LogP contribution in [-0.2, 0) is 23.8 Å². The molecule has 0 aromatic carbocycles. The van der Waals surface area contributed by atoms with E-state index in [0.717, 1.165) is 58.0 Å². The molecule has 0 amide bonds. The molecule has 1 aliphatic heterocycles. The first-order valence-corrected chi connectivity index (χ1v) is 9.63. The third-order valence-corrected chi connectivity index (χ3v) is 6.44. The molecule has 0 aromatic heterocycles. The van der Waals surface area contributed by atoms with Gasteiger partial charge in [0.05, 0.1) is 11.4 Å². The Morgan fingerprint density at radius 2 is 2.00 bits per heavy atom. The first kappa shape index (κ1) is 17.2. The van der Waals surface area contributed by atoms with Gasteiger partial charge in [0, 0.05) is 13.2 Å². The molecule has 2 rings (SSSR count). The number of ether oxygens (including phenoxy) is 2. The summed E-state index contributed by atoms with van der Waals surface area (Å²) in [4.78, 5) is 0. The number of hydrogen-bond acceptors (Lipinski definition) is 5. The number of rotatable bonds is 10. The molecule has 1 heterocycles. The lowest BCUT2D eigenvalue weighted by molar-refractivity contribution is -0.162. The van der Waals surface area contributed by atoms with Gasteiger partial charge >= 0.3 is 0 Å². The van der Waals surface area contributed by atoms with E-state index in [9.17, 15) is 8.42 Å². The zero-order valence-corrected chi connectivity index (χ0v) is 13.8. The maximum Gasteiger partial charge on any atom is 0.273 e. The van der Waals surface area contributed by atoms with E-state index in [2.05, 4.69) is 0 Å². The van der Waals surface area contributed by atoms with Crippen LogP contribution < -0.4 is 0 Å². The summed E-state index contributed by atoms with van der Waals surface area (Å²) in [6.07, 6.45) is 7.67. The van der Waals surface area contributed by atoms with Crippen LogP contribution in [0.1, 0.15) is 64.7 Å². The molecule has 1 saturated carbocycles. The van der Waals surface area contributed by atoms with Crippen LogP contribution in [0.25, 0.3) is 0 Å². The lowest BCUT2D eigenvalue weighted by Crippen LogP contribution is -2.27. The molecule has 1 saturated heterocycles. The predicted molar refractivity (Wildman–Crippen MR) is 80.5 cm³/mol. The minimum absolute atomic E-state index is 0.0914. The first-order chi connectivity index (χ1) is 10.1. The molecule has 0 spiro atoms. The zero-order chi connectivity index (χ0) is 15.2. The highest BCUT2D eigenvalue weighted by Gasteiger charge is 2.54. The number of hydrogen-bond donors (Lipinski definition) is 0. The quantitative estimate of drug-likeness (QED) is 0.457. The van der Waals surface area contributed by atoms with E-state index in [1.165, 1.54) is 0 Å². The fourth-order valence-electron chi connectivity index (χ4n) is 2.65. The monoisotopic (exact) mass is 320 g/mol. The Balaban J connectivity index is 1.66. The second-order valence-electron chi connectivity index (χ2n) is 6.08. The van der Waals surface area contributed by atoms with Crippen molar-refractivity contribution in [2.45, 2.75) is 75.7 Å². The molecule has 0 radical (unpaired) electrons. The van der Waals surface area contributed by atoms with Gasteiger partial charge in [0.25, 0.3) is 10.1 Å². The van der Waals surface area contributed by atoms with E-state index in [-0.39, 0.29) is 6.29 Å². The second kappa shape index (κ2) is 7.90. The Hall–Kier alpha value is -0.170. The van der Waals surface area contributed by atoms with Crippen LogP contribution in [0.4, 0.5) is 0 Å². The van der Waals surface area contributed by atoms with E-state index >= 15 is 0 Å². The molecule has 6 heteroatoms. The maximum atomic E-state index is 12.2. The van der Waals surface area contributed by atoms with Crippen LogP contribution in [0.5, 0.6) is 0 Å². The van der Waals surface area contributed by atoms with E-state index in [1.807, 2.05) is 6.92 Å². The maximum absolute atomic E-state index is 12.2. The molecule has 1 atom stereocenters. The average Bonchev–Trinajstić information content (AvgIpc) is 3.27. The second-order valence-corrected chi connectivity index (χ2v) is 8.09. The third-order valence-electron chi connectivity index (χ3n) is 4.29. The molecule has 2 fully saturated rings. The Labute approximate surface area is 128 Å². The third kappa shape index (κ3) is 4.91. The van der Waals surface area contributed by atoms with Gasteiger partial charge in [0.15, 0.2) is 6.29 Å². The van der Waals surface area contributed by atoms with Crippen LogP contribution in [-0.4, -0.2) is 39.3 Å². The minimum atomic E-state index is -3.41. The van der Waals surface area contributed by atoms with Crippen molar-refractivity contribution >= 4 is 10.1 Å². The van der Waals surface area contributed by atoms with Gasteiger partial charge < -0.3 is 9.47 Å². The lowest BCUT2D eigenvalue weighted by atomic mass is 10.2. The summed E-state index contributed by atoms with van der Waals surface area (Å²) in [5.41, 5.74) is 0. The first-order valence-electron chi connectivity index (χ1n) is 8.22. The van der Waals surface area contributed by atoms with E-state index in [1.54, 1.807) is 0 Å². The number of unbranched alkanes of at least 4 members (excludes halogenated alkanes) is 1. The standard InChI is InChI=1S/C15H28O5S/c1-2-3-13-20-21(16,17)15(9-10-15)8-6-12-19-14-7-4-5-11-18-14/h14H,2-13H2,1H3. The Kier molecular flexibility index (Phi) is 6.47. The molecule has 0 bridgehead atoms. The SMILES string of the molecule is CCCCOS(=O)(=O)C1(CCCOC2CCCCO2)CC1. The van der Waals surface area contributed by atoms with Crippen LogP contribution >= 0.6 is 0 Å². The van der Waals surface area contributed by atoms with Gasteiger partial charge in [-0.2, -0.15) is 8.42 Å². The van der Waals surface area contributed by atoms with Crippen LogP contribution in [0.3, 0.4) is 0 Å². The fourth-order valence-corrected chi connectivity index (χ4v) is 4.24. The van der Waals surface area contributed by atoms with Crippen molar-refractivity contribution in [3.8, 4) is 0 Å². The Morgan fingerprint density at radius 1 is 1.19 bits per heavy atom. The molecule has 124 valence electrons. The van der Waals surface area contributed by atoms with Crippen LogP contribution in [0.2, 0.25) is 0 Å². The van der Waals surface area contributed by atoms with Crippen molar-refractivity contribution in [3.05, 3.63) is 0 Å². The zero-order valence-electron chi connectivity index (χ0n) is 13.0. The highest BCUT2D eigenvalue weighted by atomic mass is 32.2. The average molecular weight is 320 g/mol. The molecular weight excluding hydrogens is 292 g/mol. The van der Waals surface area contributed by atoms with Crippen molar-refractivity contribution in [2.24, 2.45) is 0 Å². The van der Waals surface area contributed by atoms with Crippen molar-refractivity contribution < 1.29 is 22.1 Å². The molecule has 1 unspecified atom stereocenters. The highest BCUT2D eigenvalue weighted by Crippen LogP contribution is 2.48. The van der Waals surface area contributed by atoms with Crippen LogP contribution in [0.15, 0.2) is 0 Å². The largest absolute Gasteiger partial charge is 0.353 e. The van der Waals surface area contributed by atoms with E-state index in [0.29, 0.717) is 19.6 Å². The summed E-state index contributed by atoms with van der Waals surface area (Å²) >= 11 is 0. The summed E-state index contributed by atoms with van der Waals surface area (Å²) in [5, 5.41) is 0. The molecule has 2 aliphatic rings. The highest BCUT2D eigenvalue weighted by molar-refractivity contribution is 7.88. The Bertz CT molecular complexity index is 396.